The van der Waals surface area contributed by atoms with Crippen LogP contribution in [0.25, 0.3) is 0 Å². The monoisotopic (exact) mass is 406 g/mol. The molecule has 0 aliphatic carbocycles. The molecular weight excluding hydrogens is 384 g/mol. The van der Waals surface area contributed by atoms with E-state index in [9.17, 15) is 9.59 Å². The highest BCUT2D eigenvalue weighted by Crippen LogP contribution is 2.29. The third kappa shape index (κ3) is 4.99. The molecule has 1 fully saturated rings. The Hall–Kier alpha value is -2.12. The van der Waals surface area contributed by atoms with Gasteiger partial charge in [-0.2, -0.15) is 0 Å². The summed E-state index contributed by atoms with van der Waals surface area (Å²) in [6.07, 6.45) is 2.08. The van der Waals surface area contributed by atoms with Crippen molar-refractivity contribution in [1.29, 1.82) is 0 Å². The van der Waals surface area contributed by atoms with Gasteiger partial charge in [0, 0.05) is 42.9 Å². The molecule has 0 atom stereocenters. The van der Waals surface area contributed by atoms with E-state index < -0.39 is 0 Å². The Bertz CT molecular complexity index is 837. The first-order valence-corrected chi connectivity index (χ1v) is 10.3. The summed E-state index contributed by atoms with van der Waals surface area (Å²) in [5, 5.41) is 9.15. The molecular formula is C19H23ClN4O2S. The van der Waals surface area contributed by atoms with Crippen molar-refractivity contribution in [2.45, 2.75) is 39.0 Å². The number of hydrogen-bond acceptors (Lipinski definition) is 4. The zero-order valence-electron chi connectivity index (χ0n) is 15.4. The second-order valence-electron chi connectivity index (χ2n) is 6.78. The molecule has 2 aromatic rings. The lowest BCUT2D eigenvalue weighted by Gasteiger charge is -2.17. The van der Waals surface area contributed by atoms with Gasteiger partial charge in [0.1, 0.15) is 0 Å². The Morgan fingerprint density at radius 3 is 2.89 bits per heavy atom. The van der Waals surface area contributed by atoms with E-state index in [1.54, 1.807) is 34.4 Å². The van der Waals surface area contributed by atoms with Gasteiger partial charge in [-0.1, -0.05) is 25.4 Å². The summed E-state index contributed by atoms with van der Waals surface area (Å²) >= 11 is 7.84. The minimum absolute atomic E-state index is 0.0942. The molecule has 144 valence electrons. The number of anilines is 2. The molecule has 0 unspecified atom stereocenters. The molecule has 2 N–H and O–H groups in total. The molecule has 0 radical (unpaired) electrons. The van der Waals surface area contributed by atoms with Gasteiger partial charge in [0.15, 0.2) is 0 Å². The molecule has 8 heteroatoms. The van der Waals surface area contributed by atoms with Crippen LogP contribution in [-0.4, -0.2) is 30.0 Å². The van der Waals surface area contributed by atoms with Crippen LogP contribution in [0.3, 0.4) is 0 Å². The van der Waals surface area contributed by atoms with Crippen molar-refractivity contribution in [3.05, 3.63) is 39.3 Å². The average molecular weight is 407 g/mol. The lowest BCUT2D eigenvalue weighted by Crippen LogP contribution is -2.31. The van der Waals surface area contributed by atoms with E-state index >= 15 is 0 Å². The van der Waals surface area contributed by atoms with E-state index in [0.717, 1.165) is 22.8 Å². The van der Waals surface area contributed by atoms with E-state index in [1.165, 1.54) is 0 Å². The molecule has 1 aromatic carbocycles. The summed E-state index contributed by atoms with van der Waals surface area (Å²) < 4.78 is 0. The first kappa shape index (κ1) is 19.6. The summed E-state index contributed by atoms with van der Waals surface area (Å²) in [6, 6.07) is 4.89. The quantitative estimate of drug-likeness (QED) is 0.746. The summed E-state index contributed by atoms with van der Waals surface area (Å²) in [5.74, 6) is 0.508. The number of carbonyl (C=O) groups is 2. The Kier molecular flexibility index (Phi) is 6.34. The molecule has 0 spiro atoms. The summed E-state index contributed by atoms with van der Waals surface area (Å²) in [6.45, 7) is 5.40. The summed E-state index contributed by atoms with van der Waals surface area (Å²) in [4.78, 5) is 30.4. The van der Waals surface area contributed by atoms with Crippen LogP contribution in [0.15, 0.2) is 23.6 Å². The first-order chi connectivity index (χ1) is 12.9. The molecule has 2 heterocycles. The van der Waals surface area contributed by atoms with Crippen molar-refractivity contribution in [1.82, 2.24) is 10.3 Å². The van der Waals surface area contributed by atoms with Crippen LogP contribution in [0, 0.1) is 0 Å². The molecule has 27 heavy (non-hydrogen) atoms. The number of carbonyl (C=O) groups excluding carboxylic acids is 2. The van der Waals surface area contributed by atoms with Crippen LogP contribution in [0.2, 0.25) is 5.02 Å². The molecule has 1 saturated heterocycles. The van der Waals surface area contributed by atoms with Crippen LogP contribution >= 0.6 is 22.9 Å². The van der Waals surface area contributed by atoms with Gasteiger partial charge in [-0.3, -0.25) is 4.79 Å². The number of urea groups is 1. The molecule has 6 nitrogen and oxygen atoms in total. The standard InChI is InChI=1S/C19H23ClN4O2S/c1-12(2)18-22-13(11-27-18)7-8-21-19(26)23-16-10-14(5-6-15(16)20)24-9-3-4-17(24)25/h5-6,10-12H,3-4,7-9H2,1-2H3,(H2,21,23,26). The zero-order valence-corrected chi connectivity index (χ0v) is 17.0. The number of aromatic nitrogens is 1. The summed E-state index contributed by atoms with van der Waals surface area (Å²) in [7, 11) is 0. The fraction of sp³-hybridized carbons (Fsp3) is 0.421. The smallest absolute Gasteiger partial charge is 0.319 e. The number of nitrogens with zero attached hydrogens (tertiary/aromatic N) is 2. The van der Waals surface area contributed by atoms with Crippen molar-refractivity contribution in [3.63, 3.8) is 0 Å². The van der Waals surface area contributed by atoms with Gasteiger partial charge in [0.05, 0.1) is 21.4 Å². The lowest BCUT2D eigenvalue weighted by molar-refractivity contribution is -0.117. The van der Waals surface area contributed by atoms with Gasteiger partial charge >= 0.3 is 6.03 Å². The number of hydrogen-bond donors (Lipinski definition) is 2. The number of halogens is 1. The minimum Gasteiger partial charge on any atom is -0.337 e. The Morgan fingerprint density at radius 1 is 1.41 bits per heavy atom. The Labute approximate surface area is 167 Å². The van der Waals surface area contributed by atoms with Crippen molar-refractivity contribution in [3.8, 4) is 0 Å². The van der Waals surface area contributed by atoms with Crippen LogP contribution in [0.4, 0.5) is 16.2 Å². The van der Waals surface area contributed by atoms with Crippen LogP contribution in [-0.2, 0) is 11.2 Å². The zero-order chi connectivity index (χ0) is 19.4. The second-order valence-corrected chi connectivity index (χ2v) is 8.07. The van der Waals surface area contributed by atoms with E-state index in [1.807, 2.05) is 5.38 Å². The summed E-state index contributed by atoms with van der Waals surface area (Å²) in [5.41, 5.74) is 2.22. The maximum Gasteiger partial charge on any atom is 0.319 e. The second kappa shape index (κ2) is 8.71. The molecule has 0 bridgehead atoms. The average Bonchev–Trinajstić information content (AvgIpc) is 3.26. The molecule has 3 rings (SSSR count). The molecule has 3 amide bonds. The van der Waals surface area contributed by atoms with Gasteiger partial charge in [0.25, 0.3) is 0 Å². The lowest BCUT2D eigenvalue weighted by atomic mass is 10.2. The number of rotatable bonds is 6. The maximum atomic E-state index is 12.2. The van der Waals surface area contributed by atoms with Crippen molar-refractivity contribution < 1.29 is 9.59 Å². The van der Waals surface area contributed by atoms with Gasteiger partial charge in [-0.25, -0.2) is 9.78 Å². The SMILES string of the molecule is CC(C)c1nc(CCNC(=O)Nc2cc(N3CCCC3=O)ccc2Cl)cs1. The largest absolute Gasteiger partial charge is 0.337 e. The van der Waals surface area contributed by atoms with Gasteiger partial charge in [-0.15, -0.1) is 11.3 Å². The molecule has 0 saturated carbocycles. The Morgan fingerprint density at radius 2 is 2.22 bits per heavy atom. The number of benzene rings is 1. The van der Waals surface area contributed by atoms with Crippen molar-refractivity contribution >= 4 is 46.3 Å². The Balaban J connectivity index is 1.54. The molecule has 1 aliphatic heterocycles. The fourth-order valence-electron chi connectivity index (χ4n) is 2.87. The van der Waals surface area contributed by atoms with Crippen LogP contribution in [0.5, 0.6) is 0 Å². The molecule has 1 aliphatic rings. The predicted molar refractivity (Wildman–Crippen MR) is 110 cm³/mol. The van der Waals surface area contributed by atoms with E-state index in [-0.39, 0.29) is 11.9 Å². The third-order valence-electron chi connectivity index (χ3n) is 4.31. The highest BCUT2D eigenvalue weighted by molar-refractivity contribution is 7.09. The van der Waals surface area contributed by atoms with Crippen LogP contribution in [0.1, 0.15) is 43.3 Å². The van der Waals surface area contributed by atoms with E-state index in [4.69, 9.17) is 11.6 Å². The van der Waals surface area contributed by atoms with Gasteiger partial charge in [0.2, 0.25) is 5.91 Å². The van der Waals surface area contributed by atoms with Gasteiger partial charge in [-0.05, 0) is 24.6 Å². The molecule has 1 aromatic heterocycles. The van der Waals surface area contributed by atoms with E-state index in [2.05, 4.69) is 29.5 Å². The van der Waals surface area contributed by atoms with Crippen molar-refractivity contribution in [2.24, 2.45) is 0 Å². The topological polar surface area (TPSA) is 74.3 Å². The van der Waals surface area contributed by atoms with E-state index in [0.29, 0.717) is 42.6 Å². The van der Waals surface area contributed by atoms with Crippen LogP contribution < -0.4 is 15.5 Å². The van der Waals surface area contributed by atoms with Crippen molar-refractivity contribution in [2.75, 3.05) is 23.3 Å². The highest BCUT2D eigenvalue weighted by Gasteiger charge is 2.22. The fourth-order valence-corrected chi connectivity index (χ4v) is 3.91. The minimum atomic E-state index is -0.332. The third-order valence-corrected chi connectivity index (χ3v) is 5.84. The number of amides is 3. The number of thiazole rings is 1. The number of nitrogens with one attached hydrogen (secondary N) is 2. The predicted octanol–water partition coefficient (Wildman–Crippen LogP) is 4.41. The maximum absolute atomic E-state index is 12.2. The highest BCUT2D eigenvalue weighted by atomic mass is 35.5. The van der Waals surface area contributed by atoms with Gasteiger partial charge < -0.3 is 15.5 Å². The first-order valence-electron chi connectivity index (χ1n) is 9.03. The normalized spacial score (nSPS) is 14.1.